The van der Waals surface area contributed by atoms with Gasteiger partial charge in [-0.2, -0.15) is 5.26 Å². The average molecular weight is 425 g/mol. The highest BCUT2D eigenvalue weighted by Crippen LogP contribution is 2.25. The number of benzene rings is 2. The van der Waals surface area contributed by atoms with E-state index < -0.39 is 15.9 Å². The quantitative estimate of drug-likeness (QED) is 0.485. The first-order chi connectivity index (χ1) is 12.7. The van der Waals surface area contributed by atoms with Gasteiger partial charge in [-0.1, -0.05) is 35.3 Å². The molecule has 0 aliphatic heterocycles. The van der Waals surface area contributed by atoms with Crippen LogP contribution in [0.1, 0.15) is 5.56 Å². The molecule has 0 spiro atoms. The van der Waals surface area contributed by atoms with Gasteiger partial charge in [-0.05, 0) is 35.9 Å². The van der Waals surface area contributed by atoms with Crippen molar-refractivity contribution in [3.05, 3.63) is 69.8 Å². The molecular formula is C17H14Cl2N4O3S. The maximum absolute atomic E-state index is 12.1. The number of carbonyl (C=O) groups is 1. The number of sulfonamides is 1. The van der Waals surface area contributed by atoms with Gasteiger partial charge < -0.3 is 10.6 Å². The fraction of sp³-hybridized carbons (Fsp3) is 0.0588. The Bertz CT molecular complexity index is 1030. The molecule has 0 saturated heterocycles. The van der Waals surface area contributed by atoms with Crippen molar-refractivity contribution >= 4 is 44.8 Å². The third-order valence-corrected chi connectivity index (χ3v) is 5.02. The molecule has 2 aromatic carbocycles. The summed E-state index contributed by atoms with van der Waals surface area (Å²) in [6.07, 6.45) is 1.26. The average Bonchev–Trinajstić information content (AvgIpc) is 2.61. The van der Waals surface area contributed by atoms with Gasteiger partial charge in [0.15, 0.2) is 0 Å². The van der Waals surface area contributed by atoms with E-state index in [4.69, 9.17) is 33.6 Å². The maximum atomic E-state index is 12.1. The van der Waals surface area contributed by atoms with E-state index in [9.17, 15) is 13.2 Å². The Kier molecular flexibility index (Phi) is 6.82. The van der Waals surface area contributed by atoms with Crippen LogP contribution in [0.25, 0.3) is 0 Å². The van der Waals surface area contributed by atoms with Gasteiger partial charge >= 0.3 is 0 Å². The highest BCUT2D eigenvalue weighted by Gasteiger charge is 2.10. The van der Waals surface area contributed by atoms with Crippen LogP contribution < -0.4 is 15.8 Å². The Morgan fingerprint density at radius 3 is 2.37 bits per heavy atom. The van der Waals surface area contributed by atoms with Crippen molar-refractivity contribution in [2.45, 2.75) is 11.4 Å². The summed E-state index contributed by atoms with van der Waals surface area (Å²) in [5.74, 6) is -0.618. The monoisotopic (exact) mass is 424 g/mol. The summed E-state index contributed by atoms with van der Waals surface area (Å²) in [6, 6.07) is 12.2. The molecule has 0 aliphatic carbocycles. The highest BCUT2D eigenvalue weighted by molar-refractivity contribution is 7.89. The normalized spacial score (nSPS) is 11.6. The van der Waals surface area contributed by atoms with Gasteiger partial charge in [0.2, 0.25) is 10.0 Å². The summed E-state index contributed by atoms with van der Waals surface area (Å²) in [5.41, 5.74) is 0.984. The number of nitrogens with one attached hydrogen (secondary N) is 2. The molecule has 1 amide bonds. The SMILES string of the molecule is N#C/C(=C/NCc1ccc(S(N)(=O)=O)cc1)C(=O)Nc1ccc(Cl)c(Cl)c1. The number of nitrogens with zero attached hydrogens (tertiary/aromatic N) is 1. The molecule has 27 heavy (non-hydrogen) atoms. The van der Waals surface area contributed by atoms with Gasteiger partial charge in [0.05, 0.1) is 14.9 Å². The second kappa shape index (κ2) is 8.88. The van der Waals surface area contributed by atoms with Crippen molar-refractivity contribution in [3.63, 3.8) is 0 Å². The van der Waals surface area contributed by atoms with Crippen LogP contribution in [0.3, 0.4) is 0 Å². The number of hydrogen-bond donors (Lipinski definition) is 3. The summed E-state index contributed by atoms with van der Waals surface area (Å²) in [7, 11) is -3.75. The summed E-state index contributed by atoms with van der Waals surface area (Å²) in [5, 5.41) is 20.2. The Morgan fingerprint density at radius 1 is 1.15 bits per heavy atom. The van der Waals surface area contributed by atoms with Gasteiger partial charge in [0, 0.05) is 18.4 Å². The lowest BCUT2D eigenvalue weighted by atomic mass is 10.2. The lowest BCUT2D eigenvalue weighted by molar-refractivity contribution is -0.112. The van der Waals surface area contributed by atoms with Crippen LogP contribution in [-0.2, 0) is 21.4 Å². The molecule has 0 aromatic heterocycles. The van der Waals surface area contributed by atoms with E-state index in [1.807, 2.05) is 0 Å². The third-order valence-electron chi connectivity index (χ3n) is 3.35. The Balaban J connectivity index is 2.00. The topological polar surface area (TPSA) is 125 Å². The number of rotatable bonds is 6. The molecule has 7 nitrogen and oxygen atoms in total. The number of amides is 1. The van der Waals surface area contributed by atoms with E-state index >= 15 is 0 Å². The number of nitrogens with two attached hydrogens (primary N) is 1. The molecule has 0 fully saturated rings. The van der Waals surface area contributed by atoms with Crippen LogP contribution in [0.5, 0.6) is 0 Å². The lowest BCUT2D eigenvalue weighted by Gasteiger charge is -2.07. The van der Waals surface area contributed by atoms with Crippen molar-refractivity contribution in [2.75, 3.05) is 5.32 Å². The molecule has 0 atom stereocenters. The smallest absolute Gasteiger partial charge is 0.267 e. The molecule has 2 aromatic rings. The zero-order valence-electron chi connectivity index (χ0n) is 13.7. The number of carbonyl (C=O) groups excluding carboxylic acids is 1. The number of halogens is 2. The fourth-order valence-electron chi connectivity index (χ4n) is 1.99. The van der Waals surface area contributed by atoms with E-state index in [0.717, 1.165) is 5.56 Å². The molecule has 0 saturated carbocycles. The van der Waals surface area contributed by atoms with Gasteiger partial charge in [-0.3, -0.25) is 4.79 Å². The fourth-order valence-corrected chi connectivity index (χ4v) is 2.80. The molecule has 0 unspecified atom stereocenters. The Morgan fingerprint density at radius 2 is 1.81 bits per heavy atom. The van der Waals surface area contributed by atoms with E-state index in [1.165, 1.54) is 30.5 Å². The van der Waals surface area contributed by atoms with E-state index in [-0.39, 0.29) is 22.0 Å². The van der Waals surface area contributed by atoms with Crippen LogP contribution in [0.4, 0.5) is 5.69 Å². The zero-order valence-corrected chi connectivity index (χ0v) is 16.1. The van der Waals surface area contributed by atoms with Gasteiger partial charge in [0.25, 0.3) is 5.91 Å². The molecule has 10 heteroatoms. The predicted octanol–water partition coefficient (Wildman–Crippen LogP) is 2.78. The van der Waals surface area contributed by atoms with Crippen molar-refractivity contribution in [2.24, 2.45) is 5.14 Å². The minimum Gasteiger partial charge on any atom is -0.386 e. The highest BCUT2D eigenvalue weighted by atomic mass is 35.5. The standard InChI is InChI=1S/C17H14Cl2N4O3S/c18-15-6-3-13(7-16(15)19)23-17(24)12(8-20)10-22-9-11-1-4-14(5-2-11)27(21,25)26/h1-7,10,22H,9H2,(H,23,24)(H2,21,25,26)/b12-10-. The molecule has 4 N–H and O–H groups in total. The van der Waals surface area contributed by atoms with E-state index in [2.05, 4.69) is 10.6 Å². The van der Waals surface area contributed by atoms with Gasteiger partial charge in [-0.25, -0.2) is 13.6 Å². The first kappa shape index (κ1) is 20.7. The zero-order chi connectivity index (χ0) is 20.0. The van der Waals surface area contributed by atoms with Crippen molar-refractivity contribution < 1.29 is 13.2 Å². The van der Waals surface area contributed by atoms with Crippen LogP contribution in [0, 0.1) is 11.3 Å². The molecule has 0 radical (unpaired) electrons. The second-order valence-electron chi connectivity index (χ2n) is 5.32. The molecule has 0 aliphatic rings. The van der Waals surface area contributed by atoms with Crippen molar-refractivity contribution in [3.8, 4) is 6.07 Å². The van der Waals surface area contributed by atoms with Gasteiger partial charge in [-0.15, -0.1) is 0 Å². The summed E-state index contributed by atoms with van der Waals surface area (Å²) < 4.78 is 22.4. The minimum absolute atomic E-state index is 0.000471. The van der Waals surface area contributed by atoms with Crippen LogP contribution in [0.2, 0.25) is 10.0 Å². The van der Waals surface area contributed by atoms with Crippen LogP contribution in [0.15, 0.2) is 59.1 Å². The molecule has 0 bridgehead atoms. The number of hydrogen-bond acceptors (Lipinski definition) is 5. The van der Waals surface area contributed by atoms with Crippen molar-refractivity contribution in [1.29, 1.82) is 5.26 Å². The second-order valence-corrected chi connectivity index (χ2v) is 7.70. The lowest BCUT2D eigenvalue weighted by Crippen LogP contribution is -2.16. The third kappa shape index (κ3) is 5.98. The molecule has 2 rings (SSSR count). The van der Waals surface area contributed by atoms with Gasteiger partial charge in [0.1, 0.15) is 11.6 Å². The van der Waals surface area contributed by atoms with Crippen LogP contribution >= 0.6 is 23.2 Å². The first-order valence-electron chi connectivity index (χ1n) is 7.42. The van der Waals surface area contributed by atoms with E-state index in [1.54, 1.807) is 24.3 Å². The minimum atomic E-state index is -3.75. The number of anilines is 1. The number of nitriles is 1. The summed E-state index contributed by atoms with van der Waals surface area (Å²) >= 11 is 11.7. The summed E-state index contributed by atoms with van der Waals surface area (Å²) in [4.78, 5) is 12.1. The predicted molar refractivity (Wildman–Crippen MR) is 103 cm³/mol. The maximum Gasteiger partial charge on any atom is 0.267 e. The molecular weight excluding hydrogens is 411 g/mol. The first-order valence-corrected chi connectivity index (χ1v) is 9.72. The number of primary sulfonamides is 1. The summed E-state index contributed by atoms with van der Waals surface area (Å²) in [6.45, 7) is 0.274. The van der Waals surface area contributed by atoms with Crippen molar-refractivity contribution in [1.82, 2.24) is 5.32 Å². The Hall–Kier alpha value is -2.57. The largest absolute Gasteiger partial charge is 0.386 e. The van der Waals surface area contributed by atoms with E-state index in [0.29, 0.717) is 10.7 Å². The Labute approximate surface area is 166 Å². The molecule has 0 heterocycles. The van der Waals surface area contributed by atoms with Crippen LogP contribution in [-0.4, -0.2) is 14.3 Å². The molecule has 140 valence electrons.